The molecule has 8 heteroatoms. The Hall–Kier alpha value is -0.610. The molecule has 152 valence electrons. The minimum Gasteiger partial charge on any atom is -0.383 e. The first-order valence-corrected chi connectivity index (χ1v) is 9.58. The van der Waals surface area contributed by atoms with Crippen LogP contribution in [-0.4, -0.2) is 99.7 Å². The number of likely N-dealkylation sites (N-methyl/N-ethyl adjacent to an activating group) is 1. The number of methoxy groups -OCH3 is 1. The maximum Gasteiger partial charge on any atom is 0.243 e. The van der Waals surface area contributed by atoms with Gasteiger partial charge in [-0.05, 0) is 12.8 Å². The van der Waals surface area contributed by atoms with Crippen molar-refractivity contribution in [3.63, 3.8) is 0 Å². The molecule has 0 atom stereocenters. The summed E-state index contributed by atoms with van der Waals surface area (Å²) in [5.74, 6) is 0.849. The molecular weight excluding hydrogens is 445 g/mol. The van der Waals surface area contributed by atoms with E-state index in [1.165, 1.54) is 32.1 Å². The summed E-state index contributed by atoms with van der Waals surface area (Å²) < 4.78 is 5.12. The Morgan fingerprint density at radius 3 is 2.38 bits per heavy atom. The van der Waals surface area contributed by atoms with Gasteiger partial charge in [-0.2, -0.15) is 0 Å². The van der Waals surface area contributed by atoms with E-state index in [0.717, 1.165) is 38.2 Å². The second-order valence-corrected chi connectivity index (χ2v) is 7.16. The number of carbonyl (C=O) groups is 1. The van der Waals surface area contributed by atoms with Gasteiger partial charge in [-0.25, -0.2) is 4.99 Å². The monoisotopic (exact) mass is 481 g/mol. The molecule has 26 heavy (non-hydrogen) atoms. The molecule has 2 rings (SSSR count). The van der Waals surface area contributed by atoms with Crippen LogP contribution in [-0.2, 0) is 9.53 Å². The highest BCUT2D eigenvalue weighted by Gasteiger charge is 2.26. The van der Waals surface area contributed by atoms with E-state index in [9.17, 15) is 4.79 Å². The van der Waals surface area contributed by atoms with Gasteiger partial charge in [-0.15, -0.1) is 24.0 Å². The summed E-state index contributed by atoms with van der Waals surface area (Å²) in [5.41, 5.74) is 0. The minimum absolute atomic E-state index is 0. The Bertz CT molecular complexity index is 433. The average Bonchev–Trinajstić information content (AvgIpc) is 2.65. The van der Waals surface area contributed by atoms with Crippen LogP contribution in [0.1, 0.15) is 32.1 Å². The molecule has 1 N–H and O–H groups in total. The Morgan fingerprint density at radius 2 is 1.81 bits per heavy atom. The first-order chi connectivity index (χ1) is 12.1. The predicted molar refractivity (Wildman–Crippen MR) is 116 cm³/mol. The normalized spacial score (nSPS) is 19.8. The largest absolute Gasteiger partial charge is 0.383 e. The third-order valence-corrected chi connectivity index (χ3v) is 5.16. The van der Waals surface area contributed by atoms with Crippen LogP contribution in [0.3, 0.4) is 0 Å². The highest BCUT2D eigenvalue weighted by atomic mass is 127. The van der Waals surface area contributed by atoms with Gasteiger partial charge in [0.25, 0.3) is 0 Å². The lowest BCUT2D eigenvalue weighted by Crippen LogP contribution is -2.55. The van der Waals surface area contributed by atoms with Gasteiger partial charge < -0.3 is 19.9 Å². The number of amides is 1. The molecule has 0 aromatic heterocycles. The van der Waals surface area contributed by atoms with Crippen LogP contribution >= 0.6 is 24.0 Å². The van der Waals surface area contributed by atoms with Crippen LogP contribution in [0.2, 0.25) is 0 Å². The molecule has 0 unspecified atom stereocenters. The van der Waals surface area contributed by atoms with Gasteiger partial charge in [0.05, 0.1) is 6.61 Å². The Labute approximate surface area is 175 Å². The van der Waals surface area contributed by atoms with Gasteiger partial charge >= 0.3 is 0 Å². The number of piperazine rings is 1. The van der Waals surface area contributed by atoms with Crippen LogP contribution in [0.15, 0.2) is 4.99 Å². The fourth-order valence-corrected chi connectivity index (χ4v) is 3.56. The van der Waals surface area contributed by atoms with Crippen LogP contribution in [0.5, 0.6) is 0 Å². The van der Waals surface area contributed by atoms with Crippen LogP contribution in [0.25, 0.3) is 0 Å². The summed E-state index contributed by atoms with van der Waals surface area (Å²) in [5, 5.41) is 3.34. The van der Waals surface area contributed by atoms with E-state index in [-0.39, 0.29) is 36.4 Å². The van der Waals surface area contributed by atoms with Crippen molar-refractivity contribution in [2.75, 3.05) is 67.1 Å². The number of ether oxygens (including phenoxy) is 1. The summed E-state index contributed by atoms with van der Waals surface area (Å²) in [6, 6.07) is 0.771. The molecule has 1 heterocycles. The zero-order chi connectivity index (χ0) is 18.1. The summed E-state index contributed by atoms with van der Waals surface area (Å²) >= 11 is 0. The molecule has 1 aliphatic carbocycles. The van der Waals surface area contributed by atoms with Gasteiger partial charge in [-0.1, -0.05) is 19.3 Å². The third-order valence-electron chi connectivity index (χ3n) is 5.16. The molecular formula is C18H36IN5O2. The third kappa shape index (κ3) is 7.56. The molecule has 0 aromatic carbocycles. The number of nitrogens with one attached hydrogen (secondary N) is 1. The van der Waals surface area contributed by atoms with Gasteiger partial charge in [0.1, 0.15) is 6.54 Å². The lowest BCUT2D eigenvalue weighted by molar-refractivity contribution is -0.127. The standard InChI is InChI=1S/C18H35N5O2.HI/c1-21(2)17(24)15-20-18(19-9-14-25-3)23-12-10-22(11-13-23)16-7-5-4-6-8-16;/h16H,4-15H2,1-3H3,(H,19,20);1H. The topological polar surface area (TPSA) is 60.4 Å². The van der Waals surface area contributed by atoms with Crippen molar-refractivity contribution in [3.8, 4) is 0 Å². The number of aliphatic imine (C=N–C) groups is 1. The van der Waals surface area contributed by atoms with Crippen molar-refractivity contribution in [2.45, 2.75) is 38.1 Å². The van der Waals surface area contributed by atoms with Crippen molar-refractivity contribution in [2.24, 2.45) is 4.99 Å². The molecule has 0 bridgehead atoms. The highest BCUT2D eigenvalue weighted by Crippen LogP contribution is 2.23. The van der Waals surface area contributed by atoms with Crippen molar-refractivity contribution >= 4 is 35.8 Å². The first-order valence-electron chi connectivity index (χ1n) is 9.58. The Balaban J connectivity index is 0.00000338. The van der Waals surface area contributed by atoms with Crippen molar-refractivity contribution in [1.82, 2.24) is 20.0 Å². The van der Waals surface area contributed by atoms with Crippen LogP contribution < -0.4 is 5.32 Å². The number of nitrogens with zero attached hydrogens (tertiary/aromatic N) is 4. The molecule has 0 radical (unpaired) electrons. The maximum absolute atomic E-state index is 11.9. The maximum atomic E-state index is 11.9. The van der Waals surface area contributed by atoms with E-state index in [1.54, 1.807) is 26.1 Å². The van der Waals surface area contributed by atoms with Gasteiger partial charge in [-0.3, -0.25) is 9.69 Å². The fraction of sp³-hybridized carbons (Fsp3) is 0.889. The number of carbonyl (C=O) groups excluding carboxylic acids is 1. The Kier molecular flexibility index (Phi) is 11.5. The molecule has 1 saturated heterocycles. The average molecular weight is 481 g/mol. The summed E-state index contributed by atoms with van der Waals surface area (Å²) in [4.78, 5) is 22.9. The van der Waals surface area contributed by atoms with E-state index in [0.29, 0.717) is 13.2 Å². The van der Waals surface area contributed by atoms with Crippen molar-refractivity contribution < 1.29 is 9.53 Å². The zero-order valence-corrected chi connectivity index (χ0v) is 18.9. The van der Waals surface area contributed by atoms with Gasteiger partial charge in [0.15, 0.2) is 5.96 Å². The SMILES string of the molecule is COCCNC(=NCC(=O)N(C)C)N1CCN(C2CCCCC2)CC1.I. The van der Waals surface area contributed by atoms with E-state index >= 15 is 0 Å². The number of rotatable bonds is 6. The van der Waals surface area contributed by atoms with E-state index in [2.05, 4.69) is 20.1 Å². The summed E-state index contributed by atoms with van der Waals surface area (Å²) in [6.45, 7) is 5.60. The molecule has 7 nitrogen and oxygen atoms in total. The first kappa shape index (κ1) is 23.4. The molecule has 0 spiro atoms. The van der Waals surface area contributed by atoms with Gasteiger partial charge in [0, 0.05) is 60.0 Å². The minimum atomic E-state index is 0. The lowest BCUT2D eigenvalue weighted by Gasteiger charge is -2.41. The number of guanidine groups is 1. The van der Waals surface area contributed by atoms with E-state index < -0.39 is 0 Å². The van der Waals surface area contributed by atoms with Crippen molar-refractivity contribution in [1.29, 1.82) is 0 Å². The summed E-state index contributed by atoms with van der Waals surface area (Å²) in [7, 11) is 5.22. The second kappa shape index (κ2) is 12.7. The molecule has 2 fully saturated rings. The number of halogens is 1. The van der Waals surface area contributed by atoms with Crippen molar-refractivity contribution in [3.05, 3.63) is 0 Å². The summed E-state index contributed by atoms with van der Waals surface area (Å²) in [6.07, 6.45) is 6.86. The molecule has 2 aliphatic rings. The van der Waals surface area contributed by atoms with E-state index in [1.807, 2.05) is 0 Å². The molecule has 1 amide bonds. The quantitative estimate of drug-likeness (QED) is 0.268. The zero-order valence-electron chi connectivity index (χ0n) is 16.6. The number of hydrogen-bond donors (Lipinski definition) is 1. The predicted octanol–water partition coefficient (Wildman–Crippen LogP) is 1.23. The van der Waals surface area contributed by atoms with Crippen LogP contribution in [0, 0.1) is 0 Å². The highest BCUT2D eigenvalue weighted by molar-refractivity contribution is 14.0. The molecule has 1 saturated carbocycles. The lowest BCUT2D eigenvalue weighted by atomic mass is 9.94. The smallest absolute Gasteiger partial charge is 0.243 e. The van der Waals surface area contributed by atoms with E-state index in [4.69, 9.17) is 4.74 Å². The molecule has 1 aliphatic heterocycles. The Morgan fingerprint density at radius 1 is 1.15 bits per heavy atom. The van der Waals surface area contributed by atoms with Crippen LogP contribution in [0.4, 0.5) is 0 Å². The van der Waals surface area contributed by atoms with Gasteiger partial charge in [0.2, 0.25) is 5.91 Å². The molecule has 0 aromatic rings. The second-order valence-electron chi connectivity index (χ2n) is 7.16. The fourth-order valence-electron chi connectivity index (χ4n) is 3.56. The number of hydrogen-bond acceptors (Lipinski definition) is 4.